The number of allylic oxidation sites excluding steroid dienone is 7. The second-order valence-electron chi connectivity index (χ2n) is 14.3. The van der Waals surface area contributed by atoms with Crippen LogP contribution in [0.1, 0.15) is 142 Å². The molecular weight excluding hydrogens is 731 g/mol. The van der Waals surface area contributed by atoms with Crippen molar-refractivity contribution in [3.63, 3.8) is 0 Å². The molecule has 1 rings (SSSR count). The maximum absolute atomic E-state index is 13.0. The first kappa shape index (κ1) is 51.0. The molecule has 0 radical (unpaired) electrons. The number of hydrogen-bond acceptors (Lipinski definition) is 11. The van der Waals surface area contributed by atoms with Crippen LogP contribution in [0.3, 0.4) is 0 Å². The van der Waals surface area contributed by atoms with Gasteiger partial charge in [0, 0.05) is 0 Å². The molecule has 0 aliphatic carbocycles. The zero-order valence-electron chi connectivity index (χ0n) is 33.3. The van der Waals surface area contributed by atoms with Crippen LogP contribution in [0, 0.1) is 0 Å². The largest absolute Gasteiger partial charge is 0.397 e. The number of nitrogens with one attached hydrogen (secondary N) is 1. The van der Waals surface area contributed by atoms with E-state index in [0.717, 1.165) is 70.6 Å². The molecule has 1 amide bonds. The second kappa shape index (κ2) is 32.0. The monoisotopic (exact) mass is 803 g/mol. The molecule has 1 aliphatic rings. The molecule has 1 saturated heterocycles. The number of amides is 1. The summed E-state index contributed by atoms with van der Waals surface area (Å²) in [4.78, 5) is 13.0. The summed E-state index contributed by atoms with van der Waals surface area (Å²) in [6.07, 6.45) is 25.0. The Bertz CT molecular complexity index is 1190. The fraction of sp³-hybridized carbons (Fsp3) is 0.780. The normalized spacial score (nSPS) is 22.7. The Balaban J connectivity index is 2.66. The molecule has 8 atom stereocenters. The van der Waals surface area contributed by atoms with Crippen molar-refractivity contribution >= 4 is 16.3 Å². The van der Waals surface area contributed by atoms with E-state index in [1.165, 1.54) is 44.6 Å². The molecular formula is C41H73NO12S. The smallest absolute Gasteiger partial charge is 0.394 e. The minimum Gasteiger partial charge on any atom is -0.394 e. The lowest BCUT2D eigenvalue weighted by molar-refractivity contribution is -0.298. The molecule has 55 heavy (non-hydrogen) atoms. The average Bonchev–Trinajstić information content (AvgIpc) is 3.15. The van der Waals surface area contributed by atoms with Gasteiger partial charge >= 0.3 is 10.4 Å². The Labute approximate surface area is 330 Å². The number of rotatable bonds is 33. The molecule has 13 nitrogen and oxygen atoms in total. The lowest BCUT2D eigenvalue weighted by atomic mass is 9.99. The lowest BCUT2D eigenvalue weighted by Gasteiger charge is -2.41. The molecule has 0 saturated carbocycles. The Morgan fingerprint density at radius 2 is 1.27 bits per heavy atom. The van der Waals surface area contributed by atoms with E-state index >= 15 is 0 Å². The first-order valence-electron chi connectivity index (χ1n) is 20.6. The van der Waals surface area contributed by atoms with Gasteiger partial charge in [-0.25, -0.2) is 4.18 Å². The van der Waals surface area contributed by atoms with E-state index in [-0.39, 0.29) is 6.42 Å². The van der Waals surface area contributed by atoms with Gasteiger partial charge in [-0.05, 0) is 64.2 Å². The quantitative estimate of drug-likeness (QED) is 0.0235. The number of carbonyl (C=O) groups is 1. The third-order valence-electron chi connectivity index (χ3n) is 9.44. The third kappa shape index (κ3) is 25.1. The van der Waals surface area contributed by atoms with Crippen molar-refractivity contribution in [3.8, 4) is 0 Å². The number of hydrogen-bond donors (Lipinski definition) is 7. The lowest BCUT2D eigenvalue weighted by Crippen LogP contribution is -2.61. The third-order valence-corrected chi connectivity index (χ3v) is 9.91. The maximum Gasteiger partial charge on any atom is 0.397 e. The van der Waals surface area contributed by atoms with Crippen molar-refractivity contribution in [3.05, 3.63) is 48.6 Å². The second-order valence-corrected chi connectivity index (χ2v) is 15.4. The van der Waals surface area contributed by atoms with Gasteiger partial charge in [0.2, 0.25) is 5.91 Å². The maximum atomic E-state index is 13.0. The highest BCUT2D eigenvalue weighted by molar-refractivity contribution is 7.80. The summed E-state index contributed by atoms with van der Waals surface area (Å²) in [6.45, 7) is 3.09. The summed E-state index contributed by atoms with van der Waals surface area (Å²) in [6, 6.07) is -1.14. The fourth-order valence-corrected chi connectivity index (χ4v) is 6.60. The molecule has 8 unspecified atom stereocenters. The van der Waals surface area contributed by atoms with Crippen molar-refractivity contribution in [2.45, 2.75) is 191 Å². The van der Waals surface area contributed by atoms with Crippen LogP contribution in [0.5, 0.6) is 0 Å². The minimum atomic E-state index is -5.12. The number of unbranched alkanes of at least 4 members (excludes halogenated alkanes) is 14. The Hall–Kier alpha value is -1.98. The molecule has 0 aromatic carbocycles. The summed E-state index contributed by atoms with van der Waals surface area (Å²) < 4.78 is 47.3. The molecule has 0 aromatic heterocycles. The zero-order valence-corrected chi connectivity index (χ0v) is 34.2. The van der Waals surface area contributed by atoms with Crippen LogP contribution in [0.15, 0.2) is 48.6 Å². The highest BCUT2D eigenvalue weighted by Gasteiger charge is 2.48. The molecule has 320 valence electrons. The zero-order chi connectivity index (χ0) is 40.7. The minimum absolute atomic E-state index is 0.222. The van der Waals surface area contributed by atoms with E-state index in [4.69, 9.17) is 14.0 Å². The summed E-state index contributed by atoms with van der Waals surface area (Å²) in [5.41, 5.74) is 0. The summed E-state index contributed by atoms with van der Waals surface area (Å²) in [7, 11) is -5.12. The standard InChI is InChI=1S/C41H73NO12S/c1-3-5-7-9-11-13-15-16-17-18-19-20-22-24-26-28-30-35(45)40(48)42-33(34(44)29-27-25-23-21-14-12-10-8-6-4-2)32-52-41-38(47)39(54-55(49,50)51)37(46)36(31-43)53-41/h11,13-14,16-17,21,27,29,33-39,41,43-47H,3-10,12,15,18-20,22-26,28,30-32H2,1-2H3,(H,42,48)(H,49,50,51)/b13-11-,17-16-,21-14+,29-27+. The summed E-state index contributed by atoms with van der Waals surface area (Å²) in [5, 5.41) is 54.9. The van der Waals surface area contributed by atoms with Gasteiger partial charge in [-0.2, -0.15) is 8.42 Å². The number of ether oxygens (including phenoxy) is 2. The van der Waals surface area contributed by atoms with E-state index < -0.39 is 78.5 Å². The predicted molar refractivity (Wildman–Crippen MR) is 214 cm³/mol. The van der Waals surface area contributed by atoms with Gasteiger partial charge in [-0.3, -0.25) is 9.35 Å². The van der Waals surface area contributed by atoms with E-state index in [1.807, 2.05) is 0 Å². The van der Waals surface area contributed by atoms with Crippen LogP contribution in [0.2, 0.25) is 0 Å². The molecule has 0 bridgehead atoms. The van der Waals surface area contributed by atoms with Crippen molar-refractivity contribution < 1.29 is 57.0 Å². The molecule has 0 spiro atoms. The number of aliphatic hydroxyl groups excluding tert-OH is 5. The van der Waals surface area contributed by atoms with Gasteiger partial charge in [0.25, 0.3) is 0 Å². The first-order valence-corrected chi connectivity index (χ1v) is 22.0. The van der Waals surface area contributed by atoms with Gasteiger partial charge in [-0.15, -0.1) is 0 Å². The molecule has 7 N–H and O–H groups in total. The predicted octanol–water partition coefficient (Wildman–Crippen LogP) is 5.90. The first-order chi connectivity index (χ1) is 26.4. The fourth-order valence-electron chi connectivity index (χ4n) is 6.09. The number of aliphatic hydroxyl groups is 5. The summed E-state index contributed by atoms with van der Waals surface area (Å²) >= 11 is 0. The van der Waals surface area contributed by atoms with Crippen LogP contribution in [-0.2, 0) is 28.9 Å². The Morgan fingerprint density at radius 1 is 0.745 bits per heavy atom. The topological polar surface area (TPSA) is 212 Å². The van der Waals surface area contributed by atoms with Crippen molar-refractivity contribution in [2.75, 3.05) is 13.2 Å². The van der Waals surface area contributed by atoms with Gasteiger partial charge in [0.05, 0.1) is 25.4 Å². The number of carbonyl (C=O) groups excluding carboxylic acids is 1. The molecule has 1 fully saturated rings. The van der Waals surface area contributed by atoms with Crippen molar-refractivity contribution in [2.24, 2.45) is 0 Å². The van der Waals surface area contributed by atoms with Crippen molar-refractivity contribution in [1.82, 2.24) is 5.32 Å². The average molecular weight is 804 g/mol. The van der Waals surface area contributed by atoms with Gasteiger partial charge in [0.15, 0.2) is 6.29 Å². The highest BCUT2D eigenvalue weighted by atomic mass is 32.3. The van der Waals surface area contributed by atoms with Crippen LogP contribution in [0.25, 0.3) is 0 Å². The molecule has 0 aromatic rings. The van der Waals surface area contributed by atoms with Crippen LogP contribution < -0.4 is 5.32 Å². The van der Waals surface area contributed by atoms with Crippen LogP contribution >= 0.6 is 0 Å². The van der Waals surface area contributed by atoms with Gasteiger partial charge in [-0.1, -0.05) is 127 Å². The van der Waals surface area contributed by atoms with E-state index in [9.17, 15) is 38.7 Å². The van der Waals surface area contributed by atoms with Gasteiger partial charge in [0.1, 0.15) is 30.5 Å². The Morgan fingerprint density at radius 3 is 1.89 bits per heavy atom. The van der Waals surface area contributed by atoms with Crippen molar-refractivity contribution in [1.29, 1.82) is 0 Å². The van der Waals surface area contributed by atoms with Crippen LogP contribution in [-0.4, -0.2) is 107 Å². The van der Waals surface area contributed by atoms with E-state index in [0.29, 0.717) is 12.8 Å². The van der Waals surface area contributed by atoms with Gasteiger partial charge < -0.3 is 40.3 Å². The summed E-state index contributed by atoms with van der Waals surface area (Å²) in [5.74, 6) is -0.726. The highest BCUT2D eigenvalue weighted by Crippen LogP contribution is 2.26. The SMILES string of the molecule is CCCCC/C=C\C/C=C\CCCCCCCCC(O)C(=O)NC(COC1OC(CO)C(O)C(OS(=O)(=O)O)C1O)C(O)/C=C/CC/C=C/CCCCCC. The van der Waals surface area contributed by atoms with E-state index in [2.05, 4.69) is 59.8 Å². The molecule has 1 aliphatic heterocycles. The molecule has 14 heteroatoms. The van der Waals surface area contributed by atoms with Crippen LogP contribution in [0.4, 0.5) is 0 Å². The van der Waals surface area contributed by atoms with E-state index in [1.54, 1.807) is 6.08 Å². The Kier molecular flexibility index (Phi) is 29.7. The molecule has 1 heterocycles.